The summed E-state index contributed by atoms with van der Waals surface area (Å²) in [7, 11) is 0. The van der Waals surface area contributed by atoms with Gasteiger partial charge in [-0.05, 0) is 68.1 Å². The van der Waals surface area contributed by atoms with Gasteiger partial charge in [-0.1, -0.05) is 36.8 Å². The van der Waals surface area contributed by atoms with E-state index in [4.69, 9.17) is 4.74 Å². The lowest BCUT2D eigenvalue weighted by molar-refractivity contribution is 0.183. The predicted octanol–water partition coefficient (Wildman–Crippen LogP) is 4.50. The van der Waals surface area contributed by atoms with Crippen molar-refractivity contribution in [2.75, 3.05) is 37.7 Å². The number of hydrogen-bond acceptors (Lipinski definition) is 3. The number of rotatable bonds is 6. The molecule has 0 radical (unpaired) electrons. The number of ether oxygens (including phenoxy) is 1. The molecule has 138 valence electrons. The summed E-state index contributed by atoms with van der Waals surface area (Å²) in [5, 5.41) is 0. The maximum Gasteiger partial charge on any atom is 0.119 e. The lowest BCUT2D eigenvalue weighted by Gasteiger charge is -2.31. The molecular weight excluding hydrogens is 320 g/mol. The molecule has 2 heterocycles. The van der Waals surface area contributed by atoms with Crippen LogP contribution in [0.5, 0.6) is 5.75 Å². The number of piperidine rings is 1. The van der Waals surface area contributed by atoms with Crippen molar-refractivity contribution in [3.05, 3.63) is 59.7 Å². The Morgan fingerprint density at radius 2 is 1.62 bits per heavy atom. The normalized spacial score (nSPS) is 17.8. The number of para-hydroxylation sites is 1. The van der Waals surface area contributed by atoms with Crippen LogP contribution in [-0.2, 0) is 13.0 Å². The van der Waals surface area contributed by atoms with Gasteiger partial charge in [0, 0.05) is 25.3 Å². The van der Waals surface area contributed by atoms with Crippen LogP contribution in [0.3, 0.4) is 0 Å². The van der Waals surface area contributed by atoms with Crippen LogP contribution < -0.4 is 9.64 Å². The van der Waals surface area contributed by atoms with Gasteiger partial charge in [0.15, 0.2) is 0 Å². The number of likely N-dealkylation sites (tertiary alicyclic amines) is 1. The largest absolute Gasteiger partial charge is 0.492 e. The van der Waals surface area contributed by atoms with Crippen molar-refractivity contribution in [2.45, 2.75) is 38.6 Å². The number of fused-ring (bicyclic) bond motifs is 1. The van der Waals surface area contributed by atoms with Crippen LogP contribution in [0, 0.1) is 0 Å². The van der Waals surface area contributed by atoms with Gasteiger partial charge in [0.1, 0.15) is 12.4 Å². The zero-order chi connectivity index (χ0) is 17.6. The first-order valence-electron chi connectivity index (χ1n) is 10.2. The molecule has 4 rings (SSSR count). The molecule has 0 saturated carbocycles. The van der Waals surface area contributed by atoms with Crippen molar-refractivity contribution in [3.8, 4) is 5.75 Å². The van der Waals surface area contributed by atoms with Gasteiger partial charge in [0.2, 0.25) is 0 Å². The highest BCUT2D eigenvalue weighted by Crippen LogP contribution is 2.28. The highest BCUT2D eigenvalue weighted by Gasteiger charge is 2.16. The van der Waals surface area contributed by atoms with Gasteiger partial charge in [-0.2, -0.15) is 0 Å². The van der Waals surface area contributed by atoms with E-state index in [1.165, 1.54) is 62.0 Å². The van der Waals surface area contributed by atoms with Gasteiger partial charge < -0.3 is 9.64 Å². The average molecular weight is 351 g/mol. The zero-order valence-electron chi connectivity index (χ0n) is 15.7. The van der Waals surface area contributed by atoms with E-state index < -0.39 is 0 Å². The quantitative estimate of drug-likeness (QED) is 0.763. The van der Waals surface area contributed by atoms with Gasteiger partial charge in [0.25, 0.3) is 0 Å². The van der Waals surface area contributed by atoms with E-state index >= 15 is 0 Å². The van der Waals surface area contributed by atoms with Crippen LogP contribution in [0.4, 0.5) is 5.69 Å². The van der Waals surface area contributed by atoms with E-state index in [1.54, 1.807) is 0 Å². The lowest BCUT2D eigenvalue weighted by atomic mass is 10.0. The first-order valence-corrected chi connectivity index (χ1v) is 10.2. The van der Waals surface area contributed by atoms with Crippen molar-refractivity contribution >= 4 is 5.69 Å². The SMILES string of the molecule is c1ccc2c(c1)CCCN2Cc1ccc(OCCN2CCCCC2)cc1. The maximum absolute atomic E-state index is 5.95. The molecule has 26 heavy (non-hydrogen) atoms. The van der Waals surface area contributed by atoms with Crippen molar-refractivity contribution in [1.82, 2.24) is 4.90 Å². The van der Waals surface area contributed by atoms with Gasteiger partial charge in [-0.15, -0.1) is 0 Å². The molecule has 3 heteroatoms. The fourth-order valence-corrected chi connectivity index (χ4v) is 4.16. The van der Waals surface area contributed by atoms with Crippen LogP contribution in [0.1, 0.15) is 36.8 Å². The Labute approximate surface area is 157 Å². The predicted molar refractivity (Wildman–Crippen MR) is 108 cm³/mol. The molecule has 2 aliphatic heterocycles. The fourth-order valence-electron chi connectivity index (χ4n) is 4.16. The fraction of sp³-hybridized carbons (Fsp3) is 0.478. The second kappa shape index (κ2) is 8.59. The lowest BCUT2D eigenvalue weighted by Crippen LogP contribution is -2.33. The number of hydrogen-bond donors (Lipinski definition) is 0. The van der Waals surface area contributed by atoms with Crippen molar-refractivity contribution in [2.24, 2.45) is 0 Å². The maximum atomic E-state index is 5.95. The monoisotopic (exact) mass is 350 g/mol. The molecule has 2 aliphatic rings. The molecule has 1 fully saturated rings. The molecule has 3 nitrogen and oxygen atoms in total. The van der Waals surface area contributed by atoms with E-state index in [0.29, 0.717) is 0 Å². The Morgan fingerprint density at radius 3 is 2.46 bits per heavy atom. The Balaban J connectivity index is 1.29. The summed E-state index contributed by atoms with van der Waals surface area (Å²) in [6, 6.07) is 17.5. The summed E-state index contributed by atoms with van der Waals surface area (Å²) < 4.78 is 5.95. The van der Waals surface area contributed by atoms with Crippen LogP contribution in [0.2, 0.25) is 0 Å². The van der Waals surface area contributed by atoms with Crippen LogP contribution in [-0.4, -0.2) is 37.7 Å². The number of nitrogens with zero attached hydrogens (tertiary/aromatic N) is 2. The highest BCUT2D eigenvalue weighted by molar-refractivity contribution is 5.55. The zero-order valence-corrected chi connectivity index (χ0v) is 15.7. The Bertz CT molecular complexity index is 692. The summed E-state index contributed by atoms with van der Waals surface area (Å²) in [5.41, 5.74) is 4.24. The molecule has 2 aromatic carbocycles. The average Bonchev–Trinajstić information content (AvgIpc) is 2.70. The molecule has 0 aromatic heterocycles. The molecule has 0 amide bonds. The van der Waals surface area contributed by atoms with Gasteiger partial charge in [-0.25, -0.2) is 0 Å². The summed E-state index contributed by atoms with van der Waals surface area (Å²) in [4.78, 5) is 5.02. The summed E-state index contributed by atoms with van der Waals surface area (Å²) in [6.45, 7) is 6.43. The van der Waals surface area contributed by atoms with E-state index in [0.717, 1.165) is 32.0 Å². The second-order valence-electron chi connectivity index (χ2n) is 7.55. The third-order valence-electron chi connectivity index (χ3n) is 5.63. The molecule has 0 spiro atoms. The summed E-state index contributed by atoms with van der Waals surface area (Å²) >= 11 is 0. The first kappa shape index (κ1) is 17.4. The van der Waals surface area contributed by atoms with Gasteiger partial charge in [0.05, 0.1) is 0 Å². The molecular formula is C23H30N2O. The second-order valence-corrected chi connectivity index (χ2v) is 7.55. The number of anilines is 1. The van der Waals surface area contributed by atoms with E-state index in [9.17, 15) is 0 Å². The summed E-state index contributed by atoms with van der Waals surface area (Å²) in [6.07, 6.45) is 6.52. The van der Waals surface area contributed by atoms with Crippen molar-refractivity contribution in [3.63, 3.8) is 0 Å². The van der Waals surface area contributed by atoms with Crippen molar-refractivity contribution in [1.29, 1.82) is 0 Å². The molecule has 1 saturated heterocycles. The van der Waals surface area contributed by atoms with Crippen molar-refractivity contribution < 1.29 is 4.74 Å². The number of benzene rings is 2. The smallest absolute Gasteiger partial charge is 0.119 e. The van der Waals surface area contributed by atoms with E-state index in [1.807, 2.05) is 0 Å². The minimum absolute atomic E-state index is 0.791. The standard InChI is InChI=1S/C23H30N2O/c1-4-14-24(15-5-1)17-18-26-22-12-10-20(11-13-22)19-25-16-6-8-21-7-2-3-9-23(21)25/h2-3,7,9-13H,1,4-6,8,14-19H2. The molecule has 0 unspecified atom stereocenters. The number of aryl methyl sites for hydroxylation is 1. The molecule has 0 bridgehead atoms. The van der Waals surface area contributed by atoms with Crippen LogP contribution >= 0.6 is 0 Å². The van der Waals surface area contributed by atoms with Gasteiger partial charge in [-0.3, -0.25) is 4.90 Å². The van der Waals surface area contributed by atoms with Gasteiger partial charge >= 0.3 is 0 Å². The Hall–Kier alpha value is -2.00. The van der Waals surface area contributed by atoms with Crippen LogP contribution in [0.15, 0.2) is 48.5 Å². The Kier molecular flexibility index (Phi) is 5.75. The third-order valence-corrected chi connectivity index (χ3v) is 5.63. The van der Waals surface area contributed by atoms with E-state index in [2.05, 4.69) is 58.3 Å². The minimum atomic E-state index is 0.791. The molecule has 2 aromatic rings. The summed E-state index contributed by atoms with van der Waals surface area (Å²) in [5.74, 6) is 0.991. The third kappa shape index (κ3) is 4.39. The Morgan fingerprint density at radius 1 is 0.808 bits per heavy atom. The first-order chi connectivity index (χ1) is 12.9. The molecule has 0 aliphatic carbocycles. The highest BCUT2D eigenvalue weighted by atomic mass is 16.5. The molecule has 0 atom stereocenters. The minimum Gasteiger partial charge on any atom is -0.492 e. The molecule has 0 N–H and O–H groups in total. The van der Waals surface area contributed by atoms with Crippen LogP contribution in [0.25, 0.3) is 0 Å². The topological polar surface area (TPSA) is 15.7 Å². The van der Waals surface area contributed by atoms with E-state index in [-0.39, 0.29) is 0 Å².